The van der Waals surface area contributed by atoms with Crippen molar-refractivity contribution in [3.8, 4) is 0 Å². The van der Waals surface area contributed by atoms with E-state index in [4.69, 9.17) is 4.74 Å². The molecule has 5 nitrogen and oxygen atoms in total. The molecule has 2 aliphatic rings. The Labute approximate surface area is 148 Å². The van der Waals surface area contributed by atoms with E-state index in [9.17, 15) is 4.79 Å². The normalized spacial score (nSPS) is 22.2. The molecule has 1 aliphatic carbocycles. The van der Waals surface area contributed by atoms with Crippen LogP contribution in [0.5, 0.6) is 0 Å². The summed E-state index contributed by atoms with van der Waals surface area (Å²) < 4.78 is 7.49. The number of fused-ring (bicyclic) bond motifs is 1. The first-order valence-corrected chi connectivity index (χ1v) is 9.16. The largest absolute Gasteiger partial charge is 0.381 e. The van der Waals surface area contributed by atoms with E-state index >= 15 is 0 Å². The Hall–Kier alpha value is -2.14. The fourth-order valence-electron chi connectivity index (χ4n) is 4.28. The van der Waals surface area contributed by atoms with Gasteiger partial charge < -0.3 is 10.1 Å². The molecule has 0 unspecified atom stereocenters. The number of rotatable bonds is 3. The molecule has 2 aromatic rings. The number of aryl methyl sites for hydroxylation is 1. The van der Waals surface area contributed by atoms with E-state index in [1.165, 1.54) is 11.3 Å². The minimum absolute atomic E-state index is 0.0633. The van der Waals surface area contributed by atoms with Gasteiger partial charge in [-0.25, -0.2) is 0 Å². The summed E-state index contributed by atoms with van der Waals surface area (Å²) in [5.74, 6) is 0.128. The predicted octanol–water partition coefficient (Wildman–Crippen LogP) is 2.66. The molecule has 4 rings (SSSR count). The molecular formula is C20H25N3O2. The highest BCUT2D eigenvalue weighted by atomic mass is 16.5. The molecule has 0 saturated carbocycles. The summed E-state index contributed by atoms with van der Waals surface area (Å²) in [6, 6.07) is 10.2. The molecule has 25 heavy (non-hydrogen) atoms. The van der Waals surface area contributed by atoms with Crippen LogP contribution in [-0.4, -0.2) is 28.9 Å². The number of hydrogen-bond donors (Lipinski definition) is 1. The third-order valence-corrected chi connectivity index (χ3v) is 5.79. The van der Waals surface area contributed by atoms with Crippen LogP contribution < -0.4 is 5.32 Å². The zero-order valence-corrected chi connectivity index (χ0v) is 14.7. The maximum atomic E-state index is 13.4. The molecule has 1 atom stereocenters. The van der Waals surface area contributed by atoms with Gasteiger partial charge in [0.15, 0.2) is 0 Å². The first kappa shape index (κ1) is 16.3. The van der Waals surface area contributed by atoms with Crippen molar-refractivity contribution in [2.24, 2.45) is 7.05 Å². The van der Waals surface area contributed by atoms with Gasteiger partial charge in [0.1, 0.15) is 0 Å². The van der Waals surface area contributed by atoms with Crippen LogP contribution in [0.1, 0.15) is 48.5 Å². The van der Waals surface area contributed by atoms with E-state index in [1.807, 2.05) is 36.1 Å². The standard InChI is InChI=1S/C20H25N3O2/c1-23-18-9-5-8-17(16(18)14-21-23)22-19(24)20(10-12-25-13-11-20)15-6-3-2-4-7-15/h2-4,6-7,14,17H,5,8-13H2,1H3,(H,22,24)/t17-/m1/s1. The lowest BCUT2D eigenvalue weighted by Gasteiger charge is -2.38. The van der Waals surface area contributed by atoms with Gasteiger partial charge in [0, 0.05) is 31.5 Å². The lowest BCUT2D eigenvalue weighted by atomic mass is 9.73. The van der Waals surface area contributed by atoms with Crippen molar-refractivity contribution in [3.05, 3.63) is 53.3 Å². The number of ether oxygens (including phenoxy) is 1. The van der Waals surface area contributed by atoms with Crippen molar-refractivity contribution in [1.82, 2.24) is 15.1 Å². The SMILES string of the molecule is Cn1ncc2c1CCC[C@H]2NC(=O)C1(c2ccccc2)CCOCC1. The Balaban J connectivity index is 1.62. The average molecular weight is 339 g/mol. The van der Waals surface area contributed by atoms with Gasteiger partial charge in [0.2, 0.25) is 5.91 Å². The first-order valence-electron chi connectivity index (χ1n) is 9.16. The summed E-state index contributed by atoms with van der Waals surface area (Å²) in [5.41, 5.74) is 3.03. The van der Waals surface area contributed by atoms with Crippen LogP contribution in [-0.2, 0) is 28.4 Å². The van der Waals surface area contributed by atoms with Crippen molar-refractivity contribution in [3.63, 3.8) is 0 Å². The Bertz CT molecular complexity index is 748. The van der Waals surface area contributed by atoms with Gasteiger partial charge in [0.05, 0.1) is 17.7 Å². The van der Waals surface area contributed by atoms with Crippen molar-refractivity contribution in [2.75, 3.05) is 13.2 Å². The monoisotopic (exact) mass is 339 g/mol. The molecule has 0 spiro atoms. The summed E-state index contributed by atoms with van der Waals surface area (Å²) in [5, 5.41) is 7.74. The van der Waals surface area contributed by atoms with Crippen molar-refractivity contribution in [1.29, 1.82) is 0 Å². The first-order chi connectivity index (χ1) is 12.2. The fourth-order valence-corrected chi connectivity index (χ4v) is 4.28. The average Bonchev–Trinajstić information content (AvgIpc) is 3.05. The molecule has 1 fully saturated rings. The second-order valence-electron chi connectivity index (χ2n) is 7.15. The number of aromatic nitrogens is 2. The van der Waals surface area contributed by atoms with Gasteiger partial charge >= 0.3 is 0 Å². The lowest BCUT2D eigenvalue weighted by molar-refractivity contribution is -0.131. The molecule has 1 saturated heterocycles. The molecule has 132 valence electrons. The molecule has 1 N–H and O–H groups in total. The highest BCUT2D eigenvalue weighted by Gasteiger charge is 2.42. The zero-order chi connectivity index (χ0) is 17.3. The van der Waals surface area contributed by atoms with Crippen LogP contribution in [0.4, 0.5) is 0 Å². The number of nitrogens with one attached hydrogen (secondary N) is 1. The van der Waals surface area contributed by atoms with Crippen LogP contribution in [0, 0.1) is 0 Å². The maximum absolute atomic E-state index is 13.4. The number of carbonyl (C=O) groups is 1. The molecule has 2 heterocycles. The Kier molecular flexibility index (Phi) is 4.34. The van der Waals surface area contributed by atoms with Crippen LogP contribution in [0.15, 0.2) is 36.5 Å². The molecule has 1 aromatic carbocycles. The minimum atomic E-state index is -0.487. The number of amides is 1. The van der Waals surface area contributed by atoms with Gasteiger partial charge in [-0.3, -0.25) is 9.48 Å². The van der Waals surface area contributed by atoms with Crippen molar-refractivity contribution in [2.45, 2.75) is 43.6 Å². The quantitative estimate of drug-likeness (QED) is 0.935. The third kappa shape index (κ3) is 2.86. The molecule has 0 radical (unpaired) electrons. The highest BCUT2D eigenvalue weighted by Crippen LogP contribution is 2.37. The maximum Gasteiger partial charge on any atom is 0.231 e. The van der Waals surface area contributed by atoms with E-state index in [2.05, 4.69) is 22.5 Å². The summed E-state index contributed by atoms with van der Waals surface area (Å²) in [6.07, 6.45) is 6.48. The third-order valence-electron chi connectivity index (χ3n) is 5.79. The van der Waals surface area contributed by atoms with E-state index in [0.717, 1.165) is 37.7 Å². The summed E-state index contributed by atoms with van der Waals surface area (Å²) >= 11 is 0. The number of hydrogen-bond acceptors (Lipinski definition) is 3. The van der Waals surface area contributed by atoms with Crippen LogP contribution in [0.3, 0.4) is 0 Å². The van der Waals surface area contributed by atoms with Crippen LogP contribution in [0.2, 0.25) is 0 Å². The van der Waals surface area contributed by atoms with Crippen LogP contribution >= 0.6 is 0 Å². The van der Waals surface area contributed by atoms with E-state index in [1.54, 1.807) is 0 Å². The summed E-state index contributed by atoms with van der Waals surface area (Å²) in [6.45, 7) is 1.26. The minimum Gasteiger partial charge on any atom is -0.381 e. The Morgan fingerprint density at radius 2 is 2.04 bits per heavy atom. The van der Waals surface area contributed by atoms with Gasteiger partial charge in [-0.05, 0) is 37.7 Å². The van der Waals surface area contributed by atoms with E-state index in [0.29, 0.717) is 13.2 Å². The van der Waals surface area contributed by atoms with Gasteiger partial charge in [-0.15, -0.1) is 0 Å². The Morgan fingerprint density at radius 3 is 2.80 bits per heavy atom. The highest BCUT2D eigenvalue weighted by molar-refractivity contribution is 5.88. The molecule has 1 aromatic heterocycles. The number of carbonyl (C=O) groups excluding carboxylic acids is 1. The predicted molar refractivity (Wildman–Crippen MR) is 95.2 cm³/mol. The summed E-state index contributed by atoms with van der Waals surface area (Å²) in [4.78, 5) is 13.4. The van der Waals surface area contributed by atoms with Crippen molar-refractivity contribution >= 4 is 5.91 Å². The van der Waals surface area contributed by atoms with E-state index < -0.39 is 5.41 Å². The smallest absolute Gasteiger partial charge is 0.231 e. The molecule has 1 aliphatic heterocycles. The number of nitrogens with zero attached hydrogens (tertiary/aromatic N) is 2. The lowest BCUT2D eigenvalue weighted by Crippen LogP contribution is -2.49. The zero-order valence-electron chi connectivity index (χ0n) is 14.7. The Morgan fingerprint density at radius 1 is 1.28 bits per heavy atom. The second kappa shape index (κ2) is 6.64. The van der Waals surface area contributed by atoms with Gasteiger partial charge in [0.25, 0.3) is 0 Å². The van der Waals surface area contributed by atoms with Crippen molar-refractivity contribution < 1.29 is 9.53 Å². The molecule has 0 bridgehead atoms. The topological polar surface area (TPSA) is 56.2 Å². The second-order valence-corrected chi connectivity index (χ2v) is 7.15. The van der Waals surface area contributed by atoms with Gasteiger partial charge in [-0.2, -0.15) is 5.10 Å². The fraction of sp³-hybridized carbons (Fsp3) is 0.500. The van der Waals surface area contributed by atoms with Gasteiger partial charge in [-0.1, -0.05) is 30.3 Å². The van der Waals surface area contributed by atoms with Crippen LogP contribution in [0.25, 0.3) is 0 Å². The molecule has 5 heteroatoms. The molecular weight excluding hydrogens is 314 g/mol. The summed E-state index contributed by atoms with van der Waals surface area (Å²) in [7, 11) is 1.98. The number of benzene rings is 1. The molecule has 1 amide bonds. The van der Waals surface area contributed by atoms with E-state index in [-0.39, 0.29) is 11.9 Å².